The number of hydrogen-bond donors (Lipinski definition) is 0. The largest absolute Gasteiger partial charge is 0.380 e. The van der Waals surface area contributed by atoms with Gasteiger partial charge in [-0.15, -0.1) is 0 Å². The van der Waals surface area contributed by atoms with Crippen LogP contribution in [0.2, 0.25) is 0 Å². The van der Waals surface area contributed by atoms with Crippen molar-refractivity contribution in [2.75, 3.05) is 20.2 Å². The molecule has 0 bridgehead atoms. The summed E-state index contributed by atoms with van der Waals surface area (Å²) in [4.78, 5) is 22.3. The monoisotopic (exact) mass is 365 g/mol. The zero-order valence-corrected chi connectivity index (χ0v) is 16.0. The fraction of sp³-hybridized carbons (Fsp3) is 0.455. The van der Waals surface area contributed by atoms with Crippen molar-refractivity contribution in [2.45, 2.75) is 44.5 Å². The van der Waals surface area contributed by atoms with E-state index in [4.69, 9.17) is 4.74 Å². The Balaban J connectivity index is 1.58. The van der Waals surface area contributed by atoms with Gasteiger partial charge in [-0.1, -0.05) is 36.4 Å². The molecule has 1 amide bonds. The Kier molecular flexibility index (Phi) is 5.23. The summed E-state index contributed by atoms with van der Waals surface area (Å²) in [5, 5.41) is 0. The summed E-state index contributed by atoms with van der Waals surface area (Å²) in [6.07, 6.45) is 3.69. The van der Waals surface area contributed by atoms with Gasteiger partial charge in [0.15, 0.2) is 0 Å². The SMILES string of the molecule is CO[C@H]1C[C@H]2CN(Cc3ccc(C)cn3)[C@@H](Cc3ccccc3)C(=O)N2C1. The third-order valence-electron chi connectivity index (χ3n) is 5.77. The van der Waals surface area contributed by atoms with Crippen LogP contribution in [-0.2, 0) is 22.5 Å². The highest BCUT2D eigenvalue weighted by molar-refractivity contribution is 5.83. The molecule has 0 unspecified atom stereocenters. The van der Waals surface area contributed by atoms with Gasteiger partial charge in [-0.05, 0) is 37.0 Å². The predicted molar refractivity (Wildman–Crippen MR) is 104 cm³/mol. The summed E-state index contributed by atoms with van der Waals surface area (Å²) in [6.45, 7) is 4.33. The van der Waals surface area contributed by atoms with Crippen molar-refractivity contribution in [3.05, 3.63) is 65.5 Å². The average Bonchev–Trinajstić information content (AvgIpc) is 3.11. The van der Waals surface area contributed by atoms with Crippen LogP contribution in [0.1, 0.15) is 23.2 Å². The fourth-order valence-corrected chi connectivity index (χ4v) is 4.26. The number of benzene rings is 1. The lowest BCUT2D eigenvalue weighted by Crippen LogP contribution is -2.60. The second-order valence-corrected chi connectivity index (χ2v) is 7.70. The Bertz CT molecular complexity index is 778. The smallest absolute Gasteiger partial charge is 0.240 e. The van der Waals surface area contributed by atoms with E-state index in [0.29, 0.717) is 13.1 Å². The number of aromatic nitrogens is 1. The molecule has 3 heterocycles. The molecule has 5 heteroatoms. The van der Waals surface area contributed by atoms with Crippen LogP contribution in [0.3, 0.4) is 0 Å². The third-order valence-corrected chi connectivity index (χ3v) is 5.77. The molecule has 27 heavy (non-hydrogen) atoms. The number of aryl methyl sites for hydroxylation is 1. The van der Waals surface area contributed by atoms with Gasteiger partial charge in [0.25, 0.3) is 0 Å². The van der Waals surface area contributed by atoms with Crippen LogP contribution in [0.25, 0.3) is 0 Å². The number of ether oxygens (including phenoxy) is 1. The maximum atomic E-state index is 13.3. The first-order valence-electron chi connectivity index (χ1n) is 9.67. The van der Waals surface area contributed by atoms with Crippen molar-refractivity contribution in [1.82, 2.24) is 14.8 Å². The number of carbonyl (C=O) groups is 1. The van der Waals surface area contributed by atoms with Crippen molar-refractivity contribution in [3.8, 4) is 0 Å². The van der Waals surface area contributed by atoms with Gasteiger partial charge in [0, 0.05) is 39.0 Å². The molecular formula is C22H27N3O2. The van der Waals surface area contributed by atoms with E-state index in [1.165, 1.54) is 5.56 Å². The van der Waals surface area contributed by atoms with E-state index in [-0.39, 0.29) is 24.1 Å². The number of piperazine rings is 1. The highest BCUT2D eigenvalue weighted by Crippen LogP contribution is 2.29. The van der Waals surface area contributed by atoms with Crippen LogP contribution in [0.4, 0.5) is 0 Å². The number of hydrogen-bond acceptors (Lipinski definition) is 4. The summed E-state index contributed by atoms with van der Waals surface area (Å²) in [6, 6.07) is 14.5. The molecule has 5 nitrogen and oxygen atoms in total. The first-order chi connectivity index (χ1) is 13.1. The predicted octanol–water partition coefficient (Wildman–Crippen LogP) is 2.43. The van der Waals surface area contributed by atoms with Crippen molar-refractivity contribution in [2.24, 2.45) is 0 Å². The summed E-state index contributed by atoms with van der Waals surface area (Å²) in [7, 11) is 1.74. The number of nitrogens with zero attached hydrogens (tertiary/aromatic N) is 3. The molecular weight excluding hydrogens is 338 g/mol. The van der Waals surface area contributed by atoms with Gasteiger partial charge in [0.05, 0.1) is 17.8 Å². The molecule has 0 spiro atoms. The zero-order valence-electron chi connectivity index (χ0n) is 16.0. The highest BCUT2D eigenvalue weighted by atomic mass is 16.5. The summed E-state index contributed by atoms with van der Waals surface area (Å²) in [5.41, 5.74) is 3.36. The number of carbonyl (C=O) groups excluding carboxylic acids is 1. The van der Waals surface area contributed by atoms with Crippen LogP contribution >= 0.6 is 0 Å². The summed E-state index contributed by atoms with van der Waals surface area (Å²) in [5.74, 6) is 0.224. The molecule has 0 saturated carbocycles. The second-order valence-electron chi connectivity index (χ2n) is 7.70. The molecule has 0 aliphatic carbocycles. The van der Waals surface area contributed by atoms with Crippen molar-refractivity contribution >= 4 is 5.91 Å². The summed E-state index contributed by atoms with van der Waals surface area (Å²) < 4.78 is 5.55. The average molecular weight is 365 g/mol. The first-order valence-corrected chi connectivity index (χ1v) is 9.67. The normalized spacial score (nSPS) is 25.6. The van der Waals surface area contributed by atoms with Gasteiger partial charge in [-0.25, -0.2) is 0 Å². The minimum absolute atomic E-state index is 0.147. The van der Waals surface area contributed by atoms with Gasteiger partial charge in [-0.3, -0.25) is 14.7 Å². The molecule has 3 atom stereocenters. The Morgan fingerprint density at radius 1 is 1.15 bits per heavy atom. The molecule has 4 rings (SSSR count). The van der Waals surface area contributed by atoms with Crippen LogP contribution in [0, 0.1) is 6.92 Å². The molecule has 2 fully saturated rings. The second kappa shape index (κ2) is 7.79. The molecule has 0 radical (unpaired) electrons. The van der Waals surface area contributed by atoms with Crippen LogP contribution in [0.15, 0.2) is 48.7 Å². The lowest BCUT2D eigenvalue weighted by Gasteiger charge is -2.42. The van der Waals surface area contributed by atoms with Crippen molar-refractivity contribution in [3.63, 3.8) is 0 Å². The Morgan fingerprint density at radius 3 is 2.67 bits per heavy atom. The Labute approximate surface area is 161 Å². The molecule has 1 aromatic carbocycles. The summed E-state index contributed by atoms with van der Waals surface area (Å²) >= 11 is 0. The molecule has 0 N–H and O–H groups in total. The maximum Gasteiger partial charge on any atom is 0.240 e. The fourth-order valence-electron chi connectivity index (χ4n) is 4.26. The Morgan fingerprint density at radius 2 is 1.96 bits per heavy atom. The third kappa shape index (κ3) is 3.89. The zero-order chi connectivity index (χ0) is 18.8. The van der Waals surface area contributed by atoms with Crippen LogP contribution in [0.5, 0.6) is 0 Å². The van der Waals surface area contributed by atoms with Gasteiger partial charge in [0.1, 0.15) is 0 Å². The van der Waals surface area contributed by atoms with Crippen molar-refractivity contribution < 1.29 is 9.53 Å². The van der Waals surface area contributed by atoms with E-state index in [1.54, 1.807) is 7.11 Å². The molecule has 2 saturated heterocycles. The molecule has 2 aliphatic rings. The minimum Gasteiger partial charge on any atom is -0.380 e. The van der Waals surface area contributed by atoms with E-state index in [0.717, 1.165) is 30.6 Å². The van der Waals surface area contributed by atoms with E-state index in [9.17, 15) is 4.79 Å². The van der Waals surface area contributed by atoms with Crippen molar-refractivity contribution in [1.29, 1.82) is 0 Å². The van der Waals surface area contributed by atoms with Gasteiger partial charge >= 0.3 is 0 Å². The lowest BCUT2D eigenvalue weighted by atomic mass is 9.98. The van der Waals surface area contributed by atoms with Crippen LogP contribution < -0.4 is 0 Å². The molecule has 1 aromatic heterocycles. The standard InChI is InChI=1S/C22H27N3O2/c1-16-8-9-18(23-12-16)13-24-14-19-11-20(27-2)15-25(19)22(26)21(24)10-17-6-4-3-5-7-17/h3-9,12,19-21H,10-11,13-15H2,1-2H3/t19-,20-,21-/m0/s1. The van der Waals surface area contributed by atoms with Crippen LogP contribution in [-0.4, -0.2) is 59.1 Å². The minimum atomic E-state index is -0.151. The number of amides is 1. The van der Waals surface area contributed by atoms with E-state index >= 15 is 0 Å². The quantitative estimate of drug-likeness (QED) is 0.816. The van der Waals surface area contributed by atoms with Gasteiger partial charge in [-0.2, -0.15) is 0 Å². The van der Waals surface area contributed by atoms with Gasteiger partial charge in [0.2, 0.25) is 5.91 Å². The number of methoxy groups -OCH3 is 1. The molecule has 2 aliphatic heterocycles. The molecule has 142 valence electrons. The van der Waals surface area contributed by atoms with Gasteiger partial charge < -0.3 is 9.64 Å². The Hall–Kier alpha value is -2.24. The molecule has 2 aromatic rings. The number of rotatable bonds is 5. The van der Waals surface area contributed by atoms with E-state index < -0.39 is 0 Å². The highest BCUT2D eigenvalue weighted by Gasteiger charge is 2.45. The van der Waals surface area contributed by atoms with E-state index in [1.807, 2.05) is 36.2 Å². The maximum absolute atomic E-state index is 13.3. The number of pyridine rings is 1. The topological polar surface area (TPSA) is 45.7 Å². The van der Waals surface area contributed by atoms with E-state index in [2.05, 4.69) is 34.1 Å². The first kappa shape index (κ1) is 18.1. The number of fused-ring (bicyclic) bond motifs is 1. The lowest BCUT2D eigenvalue weighted by molar-refractivity contribution is -0.144.